The fourth-order valence-electron chi connectivity index (χ4n) is 2.93. The number of halogens is 1. The van der Waals surface area contributed by atoms with Gasteiger partial charge in [0.1, 0.15) is 17.1 Å². The molecule has 1 atom stereocenters. The molecule has 2 aromatic rings. The second-order valence-electron chi connectivity index (χ2n) is 6.50. The van der Waals surface area contributed by atoms with Crippen molar-refractivity contribution >= 4 is 28.5 Å². The molecular weight excluding hydrogens is 417 g/mol. The molecule has 5 heteroatoms. The van der Waals surface area contributed by atoms with E-state index in [0.717, 1.165) is 20.6 Å². The van der Waals surface area contributed by atoms with Gasteiger partial charge in [0.15, 0.2) is 0 Å². The van der Waals surface area contributed by atoms with E-state index in [9.17, 15) is 4.79 Å². The van der Waals surface area contributed by atoms with Crippen LogP contribution in [0.3, 0.4) is 0 Å². The van der Waals surface area contributed by atoms with Crippen LogP contribution < -0.4 is 14.8 Å². The summed E-state index contributed by atoms with van der Waals surface area (Å²) in [4.78, 5) is 12.6. The molecule has 0 radical (unpaired) electrons. The zero-order chi connectivity index (χ0) is 17.3. The third-order valence-corrected chi connectivity index (χ3v) is 4.81. The van der Waals surface area contributed by atoms with Gasteiger partial charge in [-0.05, 0) is 72.8 Å². The number of ether oxygens (including phenoxy) is 2. The summed E-state index contributed by atoms with van der Waals surface area (Å²) in [5.74, 6) is 1.43. The number of carbonyl (C=O) groups is 1. The smallest absolute Gasteiger partial charge is 0.251 e. The van der Waals surface area contributed by atoms with Gasteiger partial charge in [0, 0.05) is 27.2 Å². The lowest BCUT2D eigenvalue weighted by atomic mass is 9.89. The molecule has 0 unspecified atom stereocenters. The number of hydrogen-bond donors (Lipinski definition) is 1. The molecule has 2 aromatic carbocycles. The minimum absolute atomic E-state index is 0.0733. The van der Waals surface area contributed by atoms with Crippen molar-refractivity contribution in [3.63, 3.8) is 0 Å². The summed E-state index contributed by atoms with van der Waals surface area (Å²) in [5, 5.41) is 3.14. The van der Waals surface area contributed by atoms with Crippen molar-refractivity contribution in [3.05, 3.63) is 57.2 Å². The van der Waals surface area contributed by atoms with Crippen LogP contribution in [0.15, 0.2) is 42.5 Å². The Balaban J connectivity index is 1.88. The molecule has 0 saturated carbocycles. The van der Waals surface area contributed by atoms with Gasteiger partial charge in [-0.3, -0.25) is 4.79 Å². The summed E-state index contributed by atoms with van der Waals surface area (Å²) in [7, 11) is 1.63. The Morgan fingerprint density at radius 1 is 1.25 bits per heavy atom. The van der Waals surface area contributed by atoms with Gasteiger partial charge < -0.3 is 14.8 Å². The lowest BCUT2D eigenvalue weighted by molar-refractivity contribution is 0.0617. The molecule has 4 nitrogen and oxygen atoms in total. The van der Waals surface area contributed by atoms with E-state index >= 15 is 0 Å². The van der Waals surface area contributed by atoms with Gasteiger partial charge in [0.25, 0.3) is 5.91 Å². The van der Waals surface area contributed by atoms with Gasteiger partial charge in [0.05, 0.1) is 13.2 Å². The summed E-state index contributed by atoms with van der Waals surface area (Å²) >= 11 is 2.23. The highest BCUT2D eigenvalue weighted by Crippen LogP contribution is 2.41. The van der Waals surface area contributed by atoms with Gasteiger partial charge in [0.2, 0.25) is 0 Å². The minimum Gasteiger partial charge on any atom is -0.497 e. The first kappa shape index (κ1) is 17.1. The molecule has 0 aromatic heterocycles. The Morgan fingerprint density at radius 3 is 2.62 bits per heavy atom. The number of rotatable bonds is 3. The number of fused-ring (bicyclic) bond motifs is 1. The first-order chi connectivity index (χ1) is 11.4. The largest absolute Gasteiger partial charge is 0.497 e. The molecule has 126 valence electrons. The van der Waals surface area contributed by atoms with Crippen LogP contribution in [0.4, 0.5) is 0 Å². The summed E-state index contributed by atoms with van der Waals surface area (Å²) in [5.41, 5.74) is 1.28. The molecule has 24 heavy (non-hydrogen) atoms. The zero-order valence-corrected chi connectivity index (χ0v) is 16.1. The van der Waals surface area contributed by atoms with Crippen LogP contribution in [0.1, 0.15) is 42.2 Å². The molecule has 0 bridgehead atoms. The molecule has 1 amide bonds. The van der Waals surface area contributed by atoms with E-state index in [-0.39, 0.29) is 17.6 Å². The maximum absolute atomic E-state index is 12.6. The lowest BCUT2D eigenvalue weighted by Gasteiger charge is -2.38. The van der Waals surface area contributed by atoms with Crippen LogP contribution in [0.2, 0.25) is 0 Å². The van der Waals surface area contributed by atoms with Gasteiger partial charge in [-0.25, -0.2) is 0 Å². The maximum atomic E-state index is 12.6. The highest BCUT2D eigenvalue weighted by Gasteiger charge is 2.34. The van der Waals surface area contributed by atoms with Crippen LogP contribution >= 0.6 is 22.6 Å². The third kappa shape index (κ3) is 3.66. The molecule has 1 aliphatic rings. The van der Waals surface area contributed by atoms with Gasteiger partial charge in [-0.15, -0.1) is 0 Å². The van der Waals surface area contributed by atoms with E-state index in [1.165, 1.54) is 0 Å². The standard InChI is InChI=1S/C19H20INO3/c1-19(2)11-16(15-9-8-14(23-3)10-17(15)24-19)21-18(22)12-4-6-13(20)7-5-12/h4-10,16H,11H2,1-3H3,(H,21,22)/t16-/m1/s1. The van der Waals surface area contributed by atoms with E-state index in [4.69, 9.17) is 9.47 Å². The van der Waals surface area contributed by atoms with Crippen LogP contribution in [-0.2, 0) is 0 Å². The number of hydrogen-bond acceptors (Lipinski definition) is 3. The van der Waals surface area contributed by atoms with E-state index in [0.29, 0.717) is 12.0 Å². The Kier molecular flexibility index (Phi) is 4.71. The van der Waals surface area contributed by atoms with Crippen molar-refractivity contribution in [3.8, 4) is 11.5 Å². The molecular formula is C19H20INO3. The fourth-order valence-corrected chi connectivity index (χ4v) is 3.29. The van der Waals surface area contributed by atoms with Crippen molar-refractivity contribution in [2.24, 2.45) is 0 Å². The summed E-state index contributed by atoms with van der Waals surface area (Å²) in [6.45, 7) is 4.05. The van der Waals surface area contributed by atoms with E-state index in [1.807, 2.05) is 56.3 Å². The first-order valence-corrected chi connectivity index (χ1v) is 8.89. The lowest BCUT2D eigenvalue weighted by Crippen LogP contribution is -2.41. The predicted molar refractivity (Wildman–Crippen MR) is 102 cm³/mol. The van der Waals surface area contributed by atoms with Crippen molar-refractivity contribution in [1.82, 2.24) is 5.32 Å². The van der Waals surface area contributed by atoms with Crippen LogP contribution in [0.25, 0.3) is 0 Å². The predicted octanol–water partition coefficient (Wildman–Crippen LogP) is 4.33. The molecule has 1 aliphatic heterocycles. The number of methoxy groups -OCH3 is 1. The monoisotopic (exact) mass is 437 g/mol. The van der Waals surface area contributed by atoms with Gasteiger partial charge in [-0.1, -0.05) is 0 Å². The average Bonchev–Trinajstić information content (AvgIpc) is 2.53. The Morgan fingerprint density at radius 2 is 1.96 bits per heavy atom. The Hall–Kier alpha value is -1.76. The van der Waals surface area contributed by atoms with Crippen molar-refractivity contribution in [2.45, 2.75) is 31.9 Å². The van der Waals surface area contributed by atoms with Crippen molar-refractivity contribution in [2.75, 3.05) is 7.11 Å². The molecule has 1 N–H and O–H groups in total. The second kappa shape index (κ2) is 6.63. The number of amides is 1. The van der Waals surface area contributed by atoms with E-state index in [1.54, 1.807) is 7.11 Å². The Labute approximate surface area is 155 Å². The van der Waals surface area contributed by atoms with Crippen molar-refractivity contribution < 1.29 is 14.3 Å². The SMILES string of the molecule is COc1ccc2c(c1)OC(C)(C)C[C@H]2NC(=O)c1ccc(I)cc1. The van der Waals surface area contributed by atoms with E-state index in [2.05, 4.69) is 27.9 Å². The number of nitrogens with one attached hydrogen (secondary N) is 1. The van der Waals surface area contributed by atoms with Gasteiger partial charge >= 0.3 is 0 Å². The van der Waals surface area contributed by atoms with Crippen LogP contribution in [0.5, 0.6) is 11.5 Å². The summed E-state index contributed by atoms with van der Waals surface area (Å²) in [6, 6.07) is 13.2. The quantitative estimate of drug-likeness (QED) is 0.728. The first-order valence-electron chi connectivity index (χ1n) is 7.81. The normalized spacial score (nSPS) is 18.2. The fraction of sp³-hybridized carbons (Fsp3) is 0.316. The Bertz CT molecular complexity index is 756. The molecule has 0 fully saturated rings. The molecule has 0 saturated heterocycles. The molecule has 1 heterocycles. The van der Waals surface area contributed by atoms with Crippen molar-refractivity contribution in [1.29, 1.82) is 0 Å². The molecule has 3 rings (SSSR count). The molecule has 0 aliphatic carbocycles. The maximum Gasteiger partial charge on any atom is 0.251 e. The third-order valence-electron chi connectivity index (χ3n) is 4.09. The van der Waals surface area contributed by atoms with Crippen LogP contribution in [0, 0.1) is 3.57 Å². The number of carbonyl (C=O) groups excluding carboxylic acids is 1. The average molecular weight is 437 g/mol. The highest BCUT2D eigenvalue weighted by molar-refractivity contribution is 14.1. The molecule has 0 spiro atoms. The van der Waals surface area contributed by atoms with Crippen LogP contribution in [-0.4, -0.2) is 18.6 Å². The number of benzene rings is 2. The highest BCUT2D eigenvalue weighted by atomic mass is 127. The topological polar surface area (TPSA) is 47.6 Å². The zero-order valence-electron chi connectivity index (χ0n) is 13.9. The van der Waals surface area contributed by atoms with E-state index < -0.39 is 0 Å². The second-order valence-corrected chi connectivity index (χ2v) is 7.75. The minimum atomic E-state index is -0.358. The summed E-state index contributed by atoms with van der Waals surface area (Å²) in [6.07, 6.45) is 0.711. The van der Waals surface area contributed by atoms with Gasteiger partial charge in [-0.2, -0.15) is 0 Å². The summed E-state index contributed by atoms with van der Waals surface area (Å²) < 4.78 is 12.4.